The van der Waals surface area contributed by atoms with Gasteiger partial charge in [-0.05, 0) is 58.7 Å². The Labute approximate surface area is 353 Å². The molecule has 14 nitrogen and oxygen atoms in total. The van der Waals surface area contributed by atoms with Gasteiger partial charge in [0.2, 0.25) is 11.8 Å². The van der Waals surface area contributed by atoms with Gasteiger partial charge in [-0.2, -0.15) is 0 Å². The summed E-state index contributed by atoms with van der Waals surface area (Å²) in [5.74, 6) is -3.01. The lowest BCUT2D eigenvalue weighted by molar-refractivity contribution is -0.177. The van der Waals surface area contributed by atoms with E-state index in [4.69, 9.17) is 19.9 Å². The number of amides is 4. The second-order valence-electron chi connectivity index (χ2n) is 15.9. The van der Waals surface area contributed by atoms with E-state index in [1.807, 2.05) is 120 Å². The minimum Gasteiger partial charge on any atom is -0.491 e. The van der Waals surface area contributed by atoms with E-state index in [0.717, 1.165) is 29.9 Å². The zero-order valence-electron chi connectivity index (χ0n) is 33.4. The molecule has 314 valence electrons. The van der Waals surface area contributed by atoms with Crippen molar-refractivity contribution >= 4 is 35.2 Å². The number of primary amides is 1. The maximum atomic E-state index is 15.5. The summed E-state index contributed by atoms with van der Waals surface area (Å²) in [7, 11) is 0. The molecule has 5 aliphatic rings. The number of nitrogens with one attached hydrogen (secondary N) is 3. The van der Waals surface area contributed by atoms with Gasteiger partial charge in [-0.1, -0.05) is 91.0 Å². The third kappa shape index (κ3) is 7.30. The third-order valence-electron chi connectivity index (χ3n) is 12.6. The highest BCUT2D eigenvalue weighted by Gasteiger charge is 2.76. The minimum absolute atomic E-state index is 0.0860. The number of morpholine rings is 2. The summed E-state index contributed by atoms with van der Waals surface area (Å²) in [5.41, 5.74) is 8.31. The van der Waals surface area contributed by atoms with Gasteiger partial charge in [0.15, 0.2) is 0 Å². The van der Waals surface area contributed by atoms with Gasteiger partial charge in [0, 0.05) is 36.9 Å². The zero-order chi connectivity index (χ0) is 42.1. The lowest BCUT2D eigenvalue weighted by atomic mass is 9.60. The van der Waals surface area contributed by atoms with Gasteiger partial charge in [-0.3, -0.25) is 19.3 Å². The molecule has 0 bridgehead atoms. The monoisotopic (exact) mass is 824 g/mol. The summed E-state index contributed by atoms with van der Waals surface area (Å²) in [6.07, 6.45) is 4.82. The van der Waals surface area contributed by atoms with Crippen LogP contribution in [0.25, 0.3) is 0 Å². The lowest BCUT2D eigenvalue weighted by Crippen LogP contribution is -2.53. The first-order valence-electron chi connectivity index (χ1n) is 20.7. The molecule has 14 heteroatoms. The van der Waals surface area contributed by atoms with Crippen LogP contribution in [0.5, 0.6) is 5.75 Å². The second-order valence-corrected chi connectivity index (χ2v) is 15.9. The van der Waals surface area contributed by atoms with Gasteiger partial charge in [0.1, 0.15) is 24.5 Å². The van der Waals surface area contributed by atoms with Crippen molar-refractivity contribution in [2.24, 2.45) is 23.0 Å². The number of ether oxygens (including phenoxy) is 3. The van der Waals surface area contributed by atoms with E-state index in [0.29, 0.717) is 35.8 Å². The van der Waals surface area contributed by atoms with Crippen LogP contribution in [0.3, 0.4) is 0 Å². The number of aliphatic hydroxyl groups excluding tert-OH is 1. The standard InChI is InChI=1S/C47H48N6O8/c48-46(58)49-28-29-11-20-37-36(27-29)47(45(57)51-37)38(43(55)50-33-14-16-34(17-15-33)52-21-24-59-25-22-52)40-44(56)61-41(31-9-5-2-6-10-31)39(30-7-3-1-4-8-30)53(40)42(47)32-12-18-35(19-13-32)60-26-23-54/h1-20,27,36-42,54H,21-26,28H2,(H,50,55)(H,51,57)(H3,48,49,58)/t36?,37?,38-,39-,40-,41+,42+,47-/m1/s1. The smallest absolute Gasteiger partial charge is 0.324 e. The normalized spacial score (nSPS) is 28.0. The number of esters is 1. The molecule has 9 rings (SSSR count). The van der Waals surface area contributed by atoms with Crippen molar-refractivity contribution in [1.82, 2.24) is 15.5 Å². The molecule has 4 saturated heterocycles. The number of carbonyl (C=O) groups excluding carboxylic acids is 4. The Morgan fingerprint density at radius 3 is 2.23 bits per heavy atom. The molecule has 4 aromatic rings. The van der Waals surface area contributed by atoms with Crippen LogP contribution in [-0.4, -0.2) is 92.0 Å². The molecule has 2 unspecified atom stereocenters. The van der Waals surface area contributed by atoms with Crippen LogP contribution in [0, 0.1) is 17.3 Å². The Morgan fingerprint density at radius 1 is 0.869 bits per heavy atom. The Morgan fingerprint density at radius 2 is 1.56 bits per heavy atom. The van der Waals surface area contributed by atoms with E-state index in [9.17, 15) is 9.90 Å². The van der Waals surface area contributed by atoms with Crippen molar-refractivity contribution in [2.75, 3.05) is 56.3 Å². The van der Waals surface area contributed by atoms with Crippen LogP contribution in [0.2, 0.25) is 0 Å². The average molecular weight is 825 g/mol. The first kappa shape index (κ1) is 40.0. The highest BCUT2D eigenvalue weighted by Crippen LogP contribution is 2.66. The highest BCUT2D eigenvalue weighted by molar-refractivity contribution is 6.04. The van der Waals surface area contributed by atoms with Crippen LogP contribution < -0.4 is 31.3 Å². The van der Waals surface area contributed by atoms with Crippen LogP contribution in [0.15, 0.2) is 133 Å². The number of benzene rings is 4. The van der Waals surface area contributed by atoms with Crippen LogP contribution in [0.4, 0.5) is 16.2 Å². The van der Waals surface area contributed by atoms with Crippen molar-refractivity contribution < 1.29 is 38.5 Å². The molecule has 8 atom stereocenters. The topological polar surface area (TPSA) is 185 Å². The molecule has 4 aromatic carbocycles. The van der Waals surface area contributed by atoms with Crippen molar-refractivity contribution in [3.63, 3.8) is 0 Å². The minimum atomic E-state index is -1.62. The third-order valence-corrected chi connectivity index (χ3v) is 12.6. The molecule has 6 N–H and O–H groups in total. The maximum absolute atomic E-state index is 15.5. The number of hydrogen-bond donors (Lipinski definition) is 5. The fourth-order valence-electron chi connectivity index (χ4n) is 10.1. The molecule has 0 saturated carbocycles. The van der Waals surface area contributed by atoms with E-state index in [-0.39, 0.29) is 19.8 Å². The Kier molecular flexibility index (Phi) is 11.1. The summed E-state index contributed by atoms with van der Waals surface area (Å²) < 4.78 is 17.8. The summed E-state index contributed by atoms with van der Waals surface area (Å²) >= 11 is 0. The number of urea groups is 1. The Hall–Kier alpha value is -6.48. The largest absolute Gasteiger partial charge is 0.491 e. The molecule has 1 spiro atoms. The van der Waals surface area contributed by atoms with Gasteiger partial charge < -0.3 is 45.9 Å². The number of nitrogens with zero attached hydrogens (tertiary/aromatic N) is 2. The molecule has 4 aliphatic heterocycles. The quantitative estimate of drug-likeness (QED) is 0.138. The maximum Gasteiger partial charge on any atom is 0.324 e. The van der Waals surface area contributed by atoms with E-state index < -0.39 is 71.3 Å². The number of anilines is 2. The van der Waals surface area contributed by atoms with Crippen molar-refractivity contribution in [1.29, 1.82) is 0 Å². The molecule has 4 amide bonds. The first-order valence-corrected chi connectivity index (χ1v) is 20.7. The lowest BCUT2D eigenvalue weighted by Gasteiger charge is -2.46. The van der Waals surface area contributed by atoms with Gasteiger partial charge >= 0.3 is 12.0 Å². The SMILES string of the molecule is NC(=O)NCC1=CC2C(C=C1)NC(=O)[C@]21[C@H](c2ccc(OCCO)cc2)N2[C@H](c3ccccc3)[C@H](c3ccccc3)OC(=O)[C@H]2[C@@H]1C(=O)Nc1ccc(N2CCOCC2)cc1. The van der Waals surface area contributed by atoms with E-state index >= 15 is 14.4 Å². The number of nitrogens with two attached hydrogens (primary N) is 1. The van der Waals surface area contributed by atoms with Gasteiger partial charge in [0.25, 0.3) is 0 Å². The zero-order valence-corrected chi connectivity index (χ0v) is 33.4. The predicted molar refractivity (Wildman–Crippen MR) is 226 cm³/mol. The Balaban J connectivity index is 1.24. The number of hydrogen-bond acceptors (Lipinski definition) is 10. The van der Waals surface area contributed by atoms with Crippen molar-refractivity contribution in [3.8, 4) is 5.75 Å². The molecule has 0 radical (unpaired) electrons. The summed E-state index contributed by atoms with van der Waals surface area (Å²) in [5, 5.41) is 18.5. The molecular weight excluding hydrogens is 777 g/mol. The van der Waals surface area contributed by atoms with E-state index in [1.165, 1.54) is 0 Å². The summed E-state index contributed by atoms with van der Waals surface area (Å²) in [4.78, 5) is 62.2. The molecular formula is C47H48N6O8. The molecule has 1 aliphatic carbocycles. The van der Waals surface area contributed by atoms with E-state index in [2.05, 4.69) is 20.9 Å². The summed E-state index contributed by atoms with van der Waals surface area (Å²) in [6.45, 7) is 2.74. The molecule has 0 aromatic heterocycles. The predicted octanol–water partition coefficient (Wildman–Crippen LogP) is 4.18. The Bertz CT molecular complexity index is 2320. The number of carbonyl (C=O) groups is 4. The first-order chi connectivity index (χ1) is 29.8. The summed E-state index contributed by atoms with van der Waals surface area (Å²) in [6, 6.07) is 30.0. The van der Waals surface area contributed by atoms with Gasteiger partial charge in [-0.15, -0.1) is 0 Å². The van der Waals surface area contributed by atoms with Crippen molar-refractivity contribution in [2.45, 2.75) is 30.3 Å². The average Bonchev–Trinajstić information content (AvgIpc) is 3.77. The highest BCUT2D eigenvalue weighted by atomic mass is 16.6. The molecule has 61 heavy (non-hydrogen) atoms. The van der Waals surface area contributed by atoms with Crippen LogP contribution in [-0.2, 0) is 23.9 Å². The molecule has 4 fully saturated rings. The van der Waals surface area contributed by atoms with Gasteiger partial charge in [-0.25, -0.2) is 4.79 Å². The van der Waals surface area contributed by atoms with Crippen molar-refractivity contribution in [3.05, 3.63) is 150 Å². The molecule has 4 heterocycles. The van der Waals surface area contributed by atoms with E-state index in [1.54, 1.807) is 12.1 Å². The number of aliphatic hydroxyl groups is 1. The van der Waals surface area contributed by atoms with Crippen LogP contribution >= 0.6 is 0 Å². The fraction of sp³-hybridized carbons (Fsp3) is 0.319. The second kappa shape index (κ2) is 16.9. The number of fused-ring (bicyclic) bond motifs is 3. The van der Waals surface area contributed by atoms with Gasteiger partial charge in [0.05, 0.1) is 49.3 Å². The van der Waals surface area contributed by atoms with Crippen LogP contribution in [0.1, 0.15) is 34.9 Å². The number of cyclic esters (lactones) is 1. The fourth-order valence-corrected chi connectivity index (χ4v) is 10.1. The number of rotatable bonds is 11.